The van der Waals surface area contributed by atoms with Gasteiger partial charge in [0.15, 0.2) is 0 Å². The molecule has 0 unspecified atom stereocenters. The van der Waals surface area contributed by atoms with Crippen LogP contribution in [0.4, 0.5) is 0 Å². The standard InChI is InChI=1S/C15H15BrN4OS/c1-9-13(22-8-17-9)7-21-12-5-4-11-15(14(12)16)18-19-20(11)6-10-2-3-10/h4-5,8,10H,2-3,6-7H2,1H3. The molecular formula is C15H15BrN4OS. The van der Waals surface area contributed by atoms with E-state index in [1.165, 1.54) is 12.8 Å². The first-order valence-corrected chi connectivity index (χ1v) is 8.93. The van der Waals surface area contributed by atoms with Crippen LogP contribution in [0.25, 0.3) is 11.0 Å². The molecule has 0 bridgehead atoms. The summed E-state index contributed by atoms with van der Waals surface area (Å²) in [6.45, 7) is 3.48. The van der Waals surface area contributed by atoms with Gasteiger partial charge in [-0.25, -0.2) is 9.67 Å². The average Bonchev–Trinajstić information content (AvgIpc) is 3.09. The molecular weight excluding hydrogens is 364 g/mol. The topological polar surface area (TPSA) is 52.8 Å². The molecule has 1 aliphatic rings. The van der Waals surface area contributed by atoms with Gasteiger partial charge < -0.3 is 4.74 Å². The van der Waals surface area contributed by atoms with Crippen LogP contribution < -0.4 is 4.74 Å². The SMILES string of the molecule is Cc1ncsc1COc1ccc2c(nnn2CC2CC2)c1Br. The van der Waals surface area contributed by atoms with E-state index in [2.05, 4.69) is 31.2 Å². The van der Waals surface area contributed by atoms with Crippen molar-refractivity contribution in [2.75, 3.05) is 0 Å². The Hall–Kier alpha value is -1.47. The number of fused-ring (bicyclic) bond motifs is 1. The molecule has 0 N–H and O–H groups in total. The van der Waals surface area contributed by atoms with Crippen molar-refractivity contribution in [3.05, 3.63) is 32.7 Å². The number of hydrogen-bond acceptors (Lipinski definition) is 5. The second kappa shape index (κ2) is 5.62. The van der Waals surface area contributed by atoms with E-state index in [0.29, 0.717) is 6.61 Å². The van der Waals surface area contributed by atoms with E-state index in [1.807, 2.05) is 29.2 Å². The Kier molecular flexibility index (Phi) is 3.62. The summed E-state index contributed by atoms with van der Waals surface area (Å²) in [6, 6.07) is 4.02. The highest BCUT2D eigenvalue weighted by Gasteiger charge is 2.23. The summed E-state index contributed by atoms with van der Waals surface area (Å²) in [7, 11) is 0. The van der Waals surface area contributed by atoms with Crippen molar-refractivity contribution in [1.29, 1.82) is 0 Å². The van der Waals surface area contributed by atoms with Gasteiger partial charge in [0, 0.05) is 6.54 Å². The first kappa shape index (κ1) is 14.1. The molecule has 0 saturated heterocycles. The first-order valence-electron chi connectivity index (χ1n) is 7.26. The van der Waals surface area contributed by atoms with Crippen molar-refractivity contribution in [3.8, 4) is 5.75 Å². The molecule has 1 fully saturated rings. The molecule has 2 aromatic heterocycles. The molecule has 4 rings (SSSR count). The number of benzene rings is 1. The zero-order chi connectivity index (χ0) is 15.1. The molecule has 0 amide bonds. The predicted octanol–water partition coefficient (Wildman–Crippen LogP) is 3.95. The summed E-state index contributed by atoms with van der Waals surface area (Å²) in [5.74, 6) is 1.56. The van der Waals surface area contributed by atoms with E-state index < -0.39 is 0 Å². The lowest BCUT2D eigenvalue weighted by Gasteiger charge is -2.08. The molecule has 5 nitrogen and oxygen atoms in total. The monoisotopic (exact) mass is 378 g/mol. The van der Waals surface area contributed by atoms with E-state index in [0.717, 1.165) is 44.3 Å². The maximum absolute atomic E-state index is 5.92. The maximum Gasteiger partial charge on any atom is 0.136 e. The van der Waals surface area contributed by atoms with Crippen molar-refractivity contribution in [3.63, 3.8) is 0 Å². The third-order valence-corrected chi connectivity index (χ3v) is 5.60. The Morgan fingerprint density at radius 2 is 2.27 bits per heavy atom. The van der Waals surface area contributed by atoms with Crippen LogP contribution in [-0.4, -0.2) is 20.0 Å². The fourth-order valence-electron chi connectivity index (χ4n) is 2.39. The van der Waals surface area contributed by atoms with E-state index in [4.69, 9.17) is 4.74 Å². The number of thiazole rings is 1. The van der Waals surface area contributed by atoms with Crippen LogP contribution in [0.5, 0.6) is 5.75 Å². The fourth-order valence-corrected chi connectivity index (χ4v) is 3.60. The lowest BCUT2D eigenvalue weighted by molar-refractivity contribution is 0.307. The number of aromatic nitrogens is 4. The van der Waals surface area contributed by atoms with Gasteiger partial charge in [0.05, 0.1) is 26.1 Å². The van der Waals surface area contributed by atoms with Crippen LogP contribution in [0.1, 0.15) is 23.4 Å². The second-order valence-electron chi connectivity index (χ2n) is 5.61. The van der Waals surface area contributed by atoms with Crippen molar-refractivity contribution in [2.45, 2.75) is 32.9 Å². The lowest BCUT2D eigenvalue weighted by atomic mass is 10.3. The third kappa shape index (κ3) is 2.63. The summed E-state index contributed by atoms with van der Waals surface area (Å²) in [5.41, 5.74) is 4.78. The predicted molar refractivity (Wildman–Crippen MR) is 89.1 cm³/mol. The molecule has 0 atom stereocenters. The molecule has 22 heavy (non-hydrogen) atoms. The molecule has 3 aromatic rings. The minimum atomic E-state index is 0.525. The van der Waals surface area contributed by atoms with Gasteiger partial charge in [-0.3, -0.25) is 0 Å². The zero-order valence-electron chi connectivity index (χ0n) is 12.1. The molecule has 7 heteroatoms. The van der Waals surface area contributed by atoms with Crippen LogP contribution in [0.2, 0.25) is 0 Å². The van der Waals surface area contributed by atoms with Crippen molar-refractivity contribution in [1.82, 2.24) is 20.0 Å². The minimum absolute atomic E-state index is 0.525. The Morgan fingerprint density at radius 3 is 3.00 bits per heavy atom. The number of rotatable bonds is 5. The van der Waals surface area contributed by atoms with Crippen LogP contribution in [0.15, 0.2) is 22.1 Å². The van der Waals surface area contributed by atoms with Crippen LogP contribution in [0, 0.1) is 12.8 Å². The van der Waals surface area contributed by atoms with Crippen molar-refractivity contribution in [2.24, 2.45) is 5.92 Å². The highest BCUT2D eigenvalue weighted by molar-refractivity contribution is 9.10. The number of aryl methyl sites for hydroxylation is 1. The fraction of sp³-hybridized carbons (Fsp3) is 0.400. The highest BCUT2D eigenvalue weighted by Crippen LogP contribution is 2.35. The van der Waals surface area contributed by atoms with Gasteiger partial charge >= 0.3 is 0 Å². The summed E-state index contributed by atoms with van der Waals surface area (Å²) < 4.78 is 8.78. The molecule has 1 saturated carbocycles. The molecule has 0 spiro atoms. The summed E-state index contributed by atoms with van der Waals surface area (Å²) in [5, 5.41) is 8.57. The van der Waals surface area contributed by atoms with Gasteiger partial charge in [-0.2, -0.15) is 0 Å². The average molecular weight is 379 g/mol. The number of nitrogens with zero attached hydrogens (tertiary/aromatic N) is 4. The number of ether oxygens (including phenoxy) is 1. The van der Waals surface area contributed by atoms with E-state index in [-0.39, 0.29) is 0 Å². The molecule has 0 radical (unpaired) electrons. The minimum Gasteiger partial charge on any atom is -0.487 e. The molecule has 114 valence electrons. The smallest absolute Gasteiger partial charge is 0.136 e. The van der Waals surface area contributed by atoms with Gasteiger partial charge in [-0.1, -0.05) is 5.21 Å². The molecule has 1 aliphatic carbocycles. The largest absolute Gasteiger partial charge is 0.487 e. The molecule has 0 aliphatic heterocycles. The molecule has 2 heterocycles. The van der Waals surface area contributed by atoms with Crippen LogP contribution >= 0.6 is 27.3 Å². The zero-order valence-corrected chi connectivity index (χ0v) is 14.5. The summed E-state index contributed by atoms with van der Waals surface area (Å²) in [6.07, 6.45) is 2.61. The first-order chi connectivity index (χ1) is 10.7. The van der Waals surface area contributed by atoms with Gasteiger partial charge in [0.25, 0.3) is 0 Å². The second-order valence-corrected chi connectivity index (χ2v) is 7.34. The van der Waals surface area contributed by atoms with Gasteiger partial charge in [-0.15, -0.1) is 16.4 Å². The summed E-state index contributed by atoms with van der Waals surface area (Å²) >= 11 is 5.22. The highest BCUT2D eigenvalue weighted by atomic mass is 79.9. The van der Waals surface area contributed by atoms with Crippen LogP contribution in [0.3, 0.4) is 0 Å². The molecule has 1 aromatic carbocycles. The van der Waals surface area contributed by atoms with Gasteiger partial charge in [0.1, 0.15) is 17.9 Å². The maximum atomic E-state index is 5.92. The Labute approximate surface area is 140 Å². The van der Waals surface area contributed by atoms with E-state index in [1.54, 1.807) is 11.3 Å². The van der Waals surface area contributed by atoms with Crippen LogP contribution in [-0.2, 0) is 13.2 Å². The van der Waals surface area contributed by atoms with Gasteiger partial charge in [0.2, 0.25) is 0 Å². The Morgan fingerprint density at radius 1 is 1.41 bits per heavy atom. The quantitative estimate of drug-likeness (QED) is 0.674. The number of hydrogen-bond donors (Lipinski definition) is 0. The Balaban J connectivity index is 1.59. The van der Waals surface area contributed by atoms with E-state index >= 15 is 0 Å². The lowest BCUT2D eigenvalue weighted by Crippen LogP contribution is -2.01. The Bertz CT molecular complexity index is 824. The normalized spacial score (nSPS) is 14.6. The van der Waals surface area contributed by atoms with E-state index in [9.17, 15) is 0 Å². The van der Waals surface area contributed by atoms with Crippen molar-refractivity contribution >= 4 is 38.3 Å². The summed E-state index contributed by atoms with van der Waals surface area (Å²) in [4.78, 5) is 5.38. The van der Waals surface area contributed by atoms with Gasteiger partial charge in [-0.05, 0) is 53.7 Å². The van der Waals surface area contributed by atoms with Crippen molar-refractivity contribution < 1.29 is 4.74 Å². The number of halogens is 1. The third-order valence-electron chi connectivity index (χ3n) is 3.92.